The summed E-state index contributed by atoms with van der Waals surface area (Å²) in [6.45, 7) is 9.65. The van der Waals surface area contributed by atoms with E-state index in [1.54, 1.807) is 6.33 Å². The summed E-state index contributed by atoms with van der Waals surface area (Å²) >= 11 is 0. The van der Waals surface area contributed by atoms with E-state index < -0.39 is 0 Å². The molecule has 0 unspecified atom stereocenters. The van der Waals surface area contributed by atoms with Crippen LogP contribution in [0.15, 0.2) is 30.6 Å². The van der Waals surface area contributed by atoms with Crippen LogP contribution in [0.3, 0.4) is 0 Å². The number of imidazole rings is 1. The maximum absolute atomic E-state index is 10.1. The van der Waals surface area contributed by atoms with Gasteiger partial charge in [-0.3, -0.25) is 0 Å². The third kappa shape index (κ3) is 3.00. The van der Waals surface area contributed by atoms with Crippen molar-refractivity contribution in [2.24, 2.45) is 0 Å². The number of phenolic OH excluding ortho intramolecular Hbond substituents is 2. The van der Waals surface area contributed by atoms with E-state index in [1.165, 1.54) is 0 Å². The van der Waals surface area contributed by atoms with E-state index in [9.17, 15) is 10.2 Å². The fourth-order valence-corrected chi connectivity index (χ4v) is 3.48. The number of rotatable bonds is 3. The van der Waals surface area contributed by atoms with Crippen LogP contribution in [0.1, 0.15) is 50.7 Å². The molecule has 4 heteroatoms. The first-order valence-electron chi connectivity index (χ1n) is 8.39. The molecule has 0 aliphatic heterocycles. The van der Waals surface area contributed by atoms with Gasteiger partial charge in [0, 0.05) is 5.69 Å². The second-order valence-corrected chi connectivity index (χ2v) is 6.85. The van der Waals surface area contributed by atoms with Crippen molar-refractivity contribution in [3.8, 4) is 11.5 Å². The minimum atomic E-state index is -0.0674. The summed E-state index contributed by atoms with van der Waals surface area (Å²) in [5.74, 6) is 0.598. The average Bonchev–Trinajstić information content (AvgIpc) is 2.96. The van der Waals surface area contributed by atoms with Crippen LogP contribution in [0.25, 0.3) is 0 Å². The number of benzene rings is 2. The molecular weight excluding hydrogens is 312 g/mol. The molecule has 0 radical (unpaired) electrons. The van der Waals surface area contributed by atoms with Gasteiger partial charge in [0.2, 0.25) is 0 Å². The Kier molecular flexibility index (Phi) is 4.29. The van der Waals surface area contributed by atoms with Gasteiger partial charge in [-0.2, -0.15) is 0 Å². The van der Waals surface area contributed by atoms with Crippen molar-refractivity contribution in [2.75, 3.05) is 0 Å². The lowest BCUT2D eigenvalue weighted by atomic mass is 9.84. The Hall–Kier alpha value is -2.75. The molecule has 4 nitrogen and oxygen atoms in total. The van der Waals surface area contributed by atoms with Crippen LogP contribution in [0, 0.1) is 34.6 Å². The summed E-state index contributed by atoms with van der Waals surface area (Å²) in [5.41, 5.74) is 7.51. The Morgan fingerprint density at radius 1 is 0.760 bits per heavy atom. The molecule has 25 heavy (non-hydrogen) atoms. The zero-order valence-corrected chi connectivity index (χ0v) is 15.3. The molecule has 0 spiro atoms. The Bertz CT molecular complexity index is 837. The number of hydrogen-bond acceptors (Lipinski definition) is 3. The van der Waals surface area contributed by atoms with Gasteiger partial charge in [-0.25, -0.2) is 4.98 Å². The van der Waals surface area contributed by atoms with Gasteiger partial charge in [-0.05, 0) is 68.0 Å². The van der Waals surface area contributed by atoms with Crippen molar-refractivity contribution in [3.05, 3.63) is 75.4 Å². The van der Waals surface area contributed by atoms with Crippen molar-refractivity contribution in [1.82, 2.24) is 9.97 Å². The fourth-order valence-electron chi connectivity index (χ4n) is 3.48. The molecule has 1 heterocycles. The standard InChI is InChI=1S/C21H24N2O2/c1-11-6-16(7-12(2)20(11)24)18(19-15(5)22-10-23-19)17-8-13(3)21(25)14(4)9-17/h6-10,18,24-25H,1-5H3,(H,22,23). The summed E-state index contributed by atoms with van der Waals surface area (Å²) in [6, 6.07) is 8.05. The minimum absolute atomic E-state index is 0.0674. The SMILES string of the molecule is Cc1cc(C(c2cc(C)c(O)c(C)c2)c2nc[nH]c2C)cc(C)c1O. The largest absolute Gasteiger partial charge is 0.507 e. The number of aromatic hydroxyl groups is 2. The third-order valence-corrected chi connectivity index (χ3v) is 4.84. The highest BCUT2D eigenvalue weighted by molar-refractivity contribution is 5.52. The van der Waals surface area contributed by atoms with Gasteiger partial charge >= 0.3 is 0 Å². The molecule has 130 valence electrons. The molecule has 2 aromatic carbocycles. The molecule has 0 saturated carbocycles. The van der Waals surface area contributed by atoms with Crippen LogP contribution in [0.2, 0.25) is 0 Å². The fraction of sp³-hybridized carbons (Fsp3) is 0.286. The van der Waals surface area contributed by atoms with E-state index in [2.05, 4.69) is 9.97 Å². The Labute approximate surface area is 148 Å². The van der Waals surface area contributed by atoms with Crippen molar-refractivity contribution >= 4 is 0 Å². The molecule has 0 saturated heterocycles. The maximum Gasteiger partial charge on any atom is 0.121 e. The molecule has 1 aromatic heterocycles. The number of aromatic nitrogens is 2. The summed E-state index contributed by atoms with van der Waals surface area (Å²) in [4.78, 5) is 7.71. The molecule has 0 fully saturated rings. The molecule has 0 amide bonds. The van der Waals surface area contributed by atoms with Crippen molar-refractivity contribution in [2.45, 2.75) is 40.5 Å². The Morgan fingerprint density at radius 2 is 1.16 bits per heavy atom. The average molecular weight is 336 g/mol. The monoisotopic (exact) mass is 336 g/mol. The lowest BCUT2D eigenvalue weighted by Gasteiger charge is -2.21. The zero-order chi connectivity index (χ0) is 18.3. The van der Waals surface area contributed by atoms with E-state index in [0.29, 0.717) is 11.5 Å². The zero-order valence-electron chi connectivity index (χ0n) is 15.3. The number of nitrogens with zero attached hydrogens (tertiary/aromatic N) is 1. The normalized spacial score (nSPS) is 11.3. The summed E-state index contributed by atoms with van der Waals surface area (Å²) in [7, 11) is 0. The van der Waals surface area contributed by atoms with Crippen LogP contribution in [0.5, 0.6) is 11.5 Å². The number of phenols is 2. The number of aryl methyl sites for hydroxylation is 5. The molecule has 0 bridgehead atoms. The van der Waals surface area contributed by atoms with Gasteiger partial charge in [0.15, 0.2) is 0 Å². The molecule has 0 aliphatic carbocycles. The topological polar surface area (TPSA) is 69.1 Å². The summed E-state index contributed by atoms with van der Waals surface area (Å²) in [5, 5.41) is 20.3. The van der Waals surface area contributed by atoms with E-state index in [-0.39, 0.29) is 5.92 Å². The summed E-state index contributed by atoms with van der Waals surface area (Å²) < 4.78 is 0. The lowest BCUT2D eigenvalue weighted by molar-refractivity contribution is 0.466. The Morgan fingerprint density at radius 3 is 1.48 bits per heavy atom. The lowest BCUT2D eigenvalue weighted by Crippen LogP contribution is -2.07. The van der Waals surface area contributed by atoms with Gasteiger partial charge in [0.05, 0.1) is 17.9 Å². The second-order valence-electron chi connectivity index (χ2n) is 6.85. The number of nitrogens with one attached hydrogen (secondary N) is 1. The van der Waals surface area contributed by atoms with E-state index in [4.69, 9.17) is 0 Å². The smallest absolute Gasteiger partial charge is 0.121 e. The number of aromatic amines is 1. The van der Waals surface area contributed by atoms with Crippen molar-refractivity contribution in [3.63, 3.8) is 0 Å². The highest BCUT2D eigenvalue weighted by Gasteiger charge is 2.23. The molecule has 3 N–H and O–H groups in total. The number of H-pyrrole nitrogens is 1. The van der Waals surface area contributed by atoms with Crippen molar-refractivity contribution in [1.29, 1.82) is 0 Å². The van der Waals surface area contributed by atoms with Crippen LogP contribution >= 0.6 is 0 Å². The molecule has 0 atom stereocenters. The van der Waals surface area contributed by atoms with Gasteiger partial charge in [-0.15, -0.1) is 0 Å². The highest BCUT2D eigenvalue weighted by atomic mass is 16.3. The van der Waals surface area contributed by atoms with Gasteiger partial charge in [0.25, 0.3) is 0 Å². The number of hydrogen-bond donors (Lipinski definition) is 3. The molecular formula is C21H24N2O2. The van der Waals surface area contributed by atoms with Crippen LogP contribution in [-0.4, -0.2) is 20.2 Å². The van der Waals surface area contributed by atoms with E-state index >= 15 is 0 Å². The Balaban J connectivity index is 2.27. The third-order valence-electron chi connectivity index (χ3n) is 4.84. The van der Waals surface area contributed by atoms with Crippen molar-refractivity contribution < 1.29 is 10.2 Å². The molecule has 0 aliphatic rings. The van der Waals surface area contributed by atoms with Gasteiger partial charge < -0.3 is 15.2 Å². The maximum atomic E-state index is 10.1. The first-order chi connectivity index (χ1) is 11.8. The predicted molar refractivity (Wildman–Crippen MR) is 99.4 cm³/mol. The van der Waals surface area contributed by atoms with Crippen LogP contribution < -0.4 is 0 Å². The first-order valence-corrected chi connectivity index (χ1v) is 8.39. The minimum Gasteiger partial charge on any atom is -0.507 e. The molecule has 3 rings (SSSR count). The van der Waals surface area contributed by atoms with Gasteiger partial charge in [0.1, 0.15) is 11.5 Å². The van der Waals surface area contributed by atoms with Crippen LogP contribution in [-0.2, 0) is 0 Å². The van der Waals surface area contributed by atoms with Crippen LogP contribution in [0.4, 0.5) is 0 Å². The quantitative estimate of drug-likeness (QED) is 0.657. The second kappa shape index (κ2) is 6.28. The van der Waals surface area contributed by atoms with E-state index in [1.807, 2.05) is 58.9 Å². The highest BCUT2D eigenvalue weighted by Crippen LogP contribution is 2.38. The van der Waals surface area contributed by atoms with E-state index in [0.717, 1.165) is 44.8 Å². The van der Waals surface area contributed by atoms with Gasteiger partial charge in [-0.1, -0.05) is 24.3 Å². The first kappa shape index (κ1) is 17.1. The predicted octanol–water partition coefficient (Wildman–Crippen LogP) is 4.54. The summed E-state index contributed by atoms with van der Waals surface area (Å²) in [6.07, 6.45) is 1.71. The molecule has 3 aromatic rings.